The molecule has 0 radical (unpaired) electrons. The summed E-state index contributed by atoms with van der Waals surface area (Å²) in [6, 6.07) is 9.75. The van der Waals surface area contributed by atoms with Gasteiger partial charge in [-0.15, -0.1) is 0 Å². The Labute approximate surface area is 98.4 Å². The zero-order valence-corrected chi connectivity index (χ0v) is 9.86. The molecule has 0 spiro atoms. The monoisotopic (exact) mass is 250 g/mol. The summed E-state index contributed by atoms with van der Waals surface area (Å²) >= 11 is 0. The van der Waals surface area contributed by atoms with Gasteiger partial charge in [0.2, 0.25) is 0 Å². The Bertz CT molecular complexity index is 702. The van der Waals surface area contributed by atoms with Gasteiger partial charge >= 0.3 is 5.97 Å². The largest absolute Gasteiger partial charge is 0.478 e. The van der Waals surface area contributed by atoms with E-state index in [0.29, 0.717) is 10.8 Å². The summed E-state index contributed by atoms with van der Waals surface area (Å²) in [5, 5.41) is 10.3. The van der Waals surface area contributed by atoms with Crippen molar-refractivity contribution in [1.29, 1.82) is 0 Å². The topological polar surface area (TPSA) is 71.4 Å². The first-order chi connectivity index (χ1) is 7.91. The maximum atomic E-state index is 11.5. The lowest BCUT2D eigenvalue weighted by Gasteiger charge is -2.07. The molecule has 0 aliphatic heterocycles. The summed E-state index contributed by atoms with van der Waals surface area (Å²) in [4.78, 5) is 11.1. The highest BCUT2D eigenvalue weighted by atomic mass is 32.2. The molecule has 2 rings (SSSR count). The molecule has 0 aromatic heterocycles. The normalized spacial score (nSPS) is 11.6. The van der Waals surface area contributed by atoms with E-state index in [1.165, 1.54) is 6.07 Å². The smallest absolute Gasteiger partial charge is 0.337 e. The Kier molecular flexibility index (Phi) is 2.63. The fourth-order valence-corrected chi connectivity index (χ4v) is 2.66. The Morgan fingerprint density at radius 3 is 2.35 bits per heavy atom. The molecule has 0 amide bonds. The van der Waals surface area contributed by atoms with E-state index in [9.17, 15) is 13.2 Å². The van der Waals surface area contributed by atoms with Crippen LogP contribution in [0.5, 0.6) is 0 Å². The van der Waals surface area contributed by atoms with Crippen LogP contribution in [0.15, 0.2) is 41.3 Å². The number of fused-ring (bicyclic) bond motifs is 1. The van der Waals surface area contributed by atoms with Crippen LogP contribution in [0.3, 0.4) is 0 Å². The maximum absolute atomic E-state index is 11.5. The highest BCUT2D eigenvalue weighted by molar-refractivity contribution is 7.90. The molecule has 88 valence electrons. The third kappa shape index (κ3) is 2.01. The Morgan fingerprint density at radius 2 is 1.76 bits per heavy atom. The van der Waals surface area contributed by atoms with Crippen LogP contribution in [0.2, 0.25) is 0 Å². The van der Waals surface area contributed by atoms with Crippen molar-refractivity contribution in [2.75, 3.05) is 6.26 Å². The molecule has 2 aromatic carbocycles. The van der Waals surface area contributed by atoms with Gasteiger partial charge in [0.05, 0.1) is 10.5 Å². The lowest BCUT2D eigenvalue weighted by atomic mass is 10.0. The van der Waals surface area contributed by atoms with Gasteiger partial charge in [-0.3, -0.25) is 0 Å². The number of sulfone groups is 1. The van der Waals surface area contributed by atoms with E-state index in [1.807, 2.05) is 0 Å². The molecule has 5 heteroatoms. The molecule has 1 N–H and O–H groups in total. The van der Waals surface area contributed by atoms with Gasteiger partial charge in [0.15, 0.2) is 9.84 Å². The Hall–Kier alpha value is -1.88. The van der Waals surface area contributed by atoms with Crippen molar-refractivity contribution in [2.24, 2.45) is 0 Å². The van der Waals surface area contributed by atoms with Crippen LogP contribution in [0.4, 0.5) is 0 Å². The number of carboxylic acids is 1. The second-order valence-electron chi connectivity index (χ2n) is 3.74. The molecule has 0 unspecified atom stereocenters. The summed E-state index contributed by atoms with van der Waals surface area (Å²) in [5.74, 6) is -1.23. The molecular formula is C12H10O4S. The van der Waals surface area contributed by atoms with Crippen molar-refractivity contribution in [2.45, 2.75) is 4.90 Å². The second-order valence-corrected chi connectivity index (χ2v) is 5.72. The molecule has 0 fully saturated rings. The zero-order chi connectivity index (χ0) is 12.6. The van der Waals surface area contributed by atoms with Crippen LogP contribution in [-0.4, -0.2) is 25.7 Å². The van der Waals surface area contributed by atoms with Crippen molar-refractivity contribution in [3.05, 3.63) is 42.0 Å². The van der Waals surface area contributed by atoms with E-state index in [0.717, 1.165) is 6.26 Å². The summed E-state index contributed by atoms with van der Waals surface area (Å²) in [7, 11) is -3.55. The van der Waals surface area contributed by atoms with E-state index in [1.54, 1.807) is 30.3 Å². The molecule has 0 atom stereocenters. The van der Waals surface area contributed by atoms with E-state index >= 15 is 0 Å². The van der Waals surface area contributed by atoms with Crippen LogP contribution < -0.4 is 0 Å². The van der Waals surface area contributed by atoms with Crippen LogP contribution in [0, 0.1) is 0 Å². The minimum atomic E-state index is -3.55. The molecular weight excluding hydrogens is 240 g/mol. The molecule has 0 heterocycles. The second kappa shape index (κ2) is 3.85. The molecule has 0 saturated heterocycles. The first kappa shape index (κ1) is 11.6. The maximum Gasteiger partial charge on any atom is 0.337 e. The predicted molar refractivity (Wildman–Crippen MR) is 64.0 cm³/mol. The Balaban J connectivity index is 2.98. The first-order valence-corrected chi connectivity index (χ1v) is 6.75. The van der Waals surface area contributed by atoms with Gasteiger partial charge in [-0.25, -0.2) is 13.2 Å². The number of hydrogen-bond donors (Lipinski definition) is 1. The average Bonchev–Trinajstić information content (AvgIpc) is 2.26. The highest BCUT2D eigenvalue weighted by Gasteiger charge is 2.20. The fraction of sp³-hybridized carbons (Fsp3) is 0.0833. The summed E-state index contributed by atoms with van der Waals surface area (Å²) in [6.45, 7) is 0. The van der Waals surface area contributed by atoms with Gasteiger partial charge < -0.3 is 5.11 Å². The number of carbonyl (C=O) groups is 1. The third-order valence-corrected chi connectivity index (χ3v) is 3.64. The van der Waals surface area contributed by atoms with Gasteiger partial charge in [0.1, 0.15) is 0 Å². The first-order valence-electron chi connectivity index (χ1n) is 4.86. The van der Waals surface area contributed by atoms with Crippen molar-refractivity contribution in [3.8, 4) is 0 Å². The standard InChI is InChI=1S/C12H10O4S/c1-17(15,16)10-7-6-8-4-2-3-5-9(8)11(10)12(13)14/h2-7H,1H3,(H,13,14). The van der Waals surface area contributed by atoms with E-state index in [2.05, 4.69) is 0 Å². The molecule has 0 aliphatic carbocycles. The number of aromatic carboxylic acids is 1. The van der Waals surface area contributed by atoms with Gasteiger partial charge in [0, 0.05) is 6.26 Å². The highest BCUT2D eigenvalue weighted by Crippen LogP contribution is 2.25. The number of carboxylic acid groups (broad SMARTS) is 1. The van der Waals surface area contributed by atoms with Gasteiger partial charge in [-0.1, -0.05) is 30.3 Å². The summed E-state index contributed by atoms with van der Waals surface area (Å²) in [5.41, 5.74) is -0.161. The molecule has 0 saturated carbocycles. The SMILES string of the molecule is CS(=O)(=O)c1ccc2ccccc2c1C(=O)O. The summed E-state index contributed by atoms with van der Waals surface area (Å²) in [6.07, 6.45) is 1.00. The van der Waals surface area contributed by atoms with Crippen molar-refractivity contribution < 1.29 is 18.3 Å². The lowest BCUT2D eigenvalue weighted by molar-refractivity contribution is 0.0695. The predicted octanol–water partition coefficient (Wildman–Crippen LogP) is 1.94. The minimum absolute atomic E-state index is 0.149. The molecule has 17 heavy (non-hydrogen) atoms. The summed E-state index contributed by atoms with van der Waals surface area (Å²) < 4.78 is 23.1. The lowest BCUT2D eigenvalue weighted by Crippen LogP contribution is -2.08. The van der Waals surface area contributed by atoms with Crippen LogP contribution in [0.25, 0.3) is 10.8 Å². The van der Waals surface area contributed by atoms with Gasteiger partial charge in [-0.2, -0.15) is 0 Å². The zero-order valence-electron chi connectivity index (χ0n) is 9.04. The Morgan fingerprint density at radius 1 is 1.12 bits per heavy atom. The van der Waals surface area contributed by atoms with Crippen molar-refractivity contribution >= 4 is 26.6 Å². The number of rotatable bonds is 2. The molecule has 4 nitrogen and oxygen atoms in total. The van der Waals surface area contributed by atoms with E-state index < -0.39 is 15.8 Å². The minimum Gasteiger partial charge on any atom is -0.478 e. The average molecular weight is 250 g/mol. The van der Waals surface area contributed by atoms with Gasteiger partial charge in [-0.05, 0) is 16.8 Å². The third-order valence-electron chi connectivity index (χ3n) is 2.50. The van der Waals surface area contributed by atoms with Gasteiger partial charge in [0.25, 0.3) is 0 Å². The van der Waals surface area contributed by atoms with Crippen LogP contribution in [-0.2, 0) is 9.84 Å². The van der Waals surface area contributed by atoms with E-state index in [4.69, 9.17) is 5.11 Å². The molecule has 0 bridgehead atoms. The quantitative estimate of drug-likeness (QED) is 0.884. The van der Waals surface area contributed by atoms with E-state index in [-0.39, 0.29) is 10.5 Å². The van der Waals surface area contributed by atoms with Crippen LogP contribution >= 0.6 is 0 Å². The molecule has 0 aliphatic rings. The number of hydrogen-bond acceptors (Lipinski definition) is 3. The van der Waals surface area contributed by atoms with Crippen LogP contribution in [0.1, 0.15) is 10.4 Å². The van der Waals surface area contributed by atoms with Crippen molar-refractivity contribution in [3.63, 3.8) is 0 Å². The fourth-order valence-electron chi connectivity index (χ4n) is 1.78. The molecule has 2 aromatic rings. The number of benzene rings is 2. The van der Waals surface area contributed by atoms with Crippen molar-refractivity contribution in [1.82, 2.24) is 0 Å².